The van der Waals surface area contributed by atoms with Gasteiger partial charge in [-0.2, -0.15) is 0 Å². The Bertz CT molecular complexity index is 145. The minimum Gasteiger partial charge on any atom is -0.340 e. The smallest absolute Gasteiger partial charge is 0.119 e. The lowest BCUT2D eigenvalue weighted by Crippen LogP contribution is -2.43. The molecule has 0 aromatic rings. The van der Waals surface area contributed by atoms with E-state index >= 15 is 0 Å². The molecule has 0 bridgehead atoms. The predicted molar refractivity (Wildman–Crippen MR) is 57.9 cm³/mol. The van der Waals surface area contributed by atoms with Crippen LogP contribution < -0.4 is 4.98 Å². The van der Waals surface area contributed by atoms with Gasteiger partial charge in [-0.25, -0.2) is 0 Å². The van der Waals surface area contributed by atoms with Crippen LogP contribution in [0.3, 0.4) is 0 Å². The average Bonchev–Trinajstić information content (AvgIpc) is 2.36. The van der Waals surface area contributed by atoms with Crippen LogP contribution in [0.1, 0.15) is 26.2 Å². The fourth-order valence-corrected chi connectivity index (χ4v) is 4.40. The summed E-state index contributed by atoms with van der Waals surface area (Å²) < 4.78 is 0. The van der Waals surface area contributed by atoms with Crippen LogP contribution in [-0.4, -0.2) is 15.3 Å². The maximum atomic E-state index is 3.53. The fraction of sp³-hybridized carbons (Fsp3) is 1.00. The van der Waals surface area contributed by atoms with E-state index in [4.69, 9.17) is 0 Å². The fourth-order valence-electron chi connectivity index (χ4n) is 2.28. The molecule has 1 unspecified atom stereocenters. The third-order valence-corrected chi connectivity index (χ3v) is 6.39. The number of nitrogens with one attached hydrogen (secondary N) is 1. The highest BCUT2D eigenvalue weighted by molar-refractivity contribution is 6.74. The van der Waals surface area contributed by atoms with E-state index in [0.717, 1.165) is 11.8 Å². The zero-order valence-corrected chi connectivity index (χ0v) is 9.98. The van der Waals surface area contributed by atoms with Crippen LogP contribution in [0.5, 0.6) is 0 Å². The predicted octanol–water partition coefficient (Wildman–Crippen LogP) is 2.85. The van der Waals surface area contributed by atoms with Gasteiger partial charge in [-0.3, -0.25) is 0 Å². The molecule has 2 heteroatoms. The van der Waals surface area contributed by atoms with Crippen LogP contribution in [0.2, 0.25) is 19.1 Å². The lowest BCUT2D eigenvalue weighted by molar-refractivity contribution is 0.450. The van der Waals surface area contributed by atoms with E-state index in [1.165, 1.54) is 25.3 Å². The van der Waals surface area contributed by atoms with E-state index in [9.17, 15) is 0 Å². The van der Waals surface area contributed by atoms with E-state index < -0.39 is 8.24 Å². The summed E-state index contributed by atoms with van der Waals surface area (Å²) in [5.41, 5.74) is 0. The second-order valence-corrected chi connectivity index (χ2v) is 9.68. The SMILES string of the molecule is CN[Si](C)(C)CC1CCC[C@@H]1C. The molecule has 0 aromatic heterocycles. The molecule has 72 valence electrons. The highest BCUT2D eigenvalue weighted by atomic mass is 28.3. The Labute approximate surface area is 78.0 Å². The Kier molecular flexibility index (Phi) is 3.35. The topological polar surface area (TPSA) is 12.0 Å². The number of rotatable bonds is 3. The molecule has 0 saturated heterocycles. The van der Waals surface area contributed by atoms with Gasteiger partial charge in [0.05, 0.1) is 0 Å². The minimum absolute atomic E-state index is 0.991. The molecule has 2 atom stereocenters. The molecule has 0 spiro atoms. The zero-order chi connectivity index (χ0) is 9.19. The maximum absolute atomic E-state index is 3.53. The summed E-state index contributed by atoms with van der Waals surface area (Å²) in [4.78, 5) is 3.53. The van der Waals surface area contributed by atoms with Crippen molar-refractivity contribution in [2.24, 2.45) is 11.8 Å². The largest absolute Gasteiger partial charge is 0.340 e. The van der Waals surface area contributed by atoms with Gasteiger partial charge in [0.2, 0.25) is 0 Å². The summed E-state index contributed by atoms with van der Waals surface area (Å²) in [5.74, 6) is 2.02. The van der Waals surface area contributed by atoms with Crippen molar-refractivity contribution in [1.82, 2.24) is 4.98 Å². The van der Waals surface area contributed by atoms with Gasteiger partial charge in [-0.05, 0) is 24.9 Å². The van der Waals surface area contributed by atoms with Crippen LogP contribution in [0.4, 0.5) is 0 Å². The number of hydrogen-bond donors (Lipinski definition) is 1. The van der Waals surface area contributed by atoms with Gasteiger partial charge in [-0.15, -0.1) is 0 Å². The van der Waals surface area contributed by atoms with E-state index in [1.54, 1.807) is 0 Å². The van der Waals surface area contributed by atoms with Crippen molar-refractivity contribution in [3.05, 3.63) is 0 Å². The van der Waals surface area contributed by atoms with Gasteiger partial charge in [0, 0.05) is 0 Å². The molecular formula is C10H23NSi. The molecule has 1 aliphatic rings. The number of hydrogen-bond acceptors (Lipinski definition) is 1. The van der Waals surface area contributed by atoms with Gasteiger partial charge in [0.15, 0.2) is 0 Å². The zero-order valence-electron chi connectivity index (χ0n) is 8.98. The summed E-state index contributed by atoms with van der Waals surface area (Å²) in [6, 6.07) is 1.48. The quantitative estimate of drug-likeness (QED) is 0.667. The second-order valence-electron chi connectivity index (χ2n) is 5.01. The average molecular weight is 185 g/mol. The lowest BCUT2D eigenvalue weighted by atomic mass is 10.0. The Morgan fingerprint density at radius 2 is 2.00 bits per heavy atom. The van der Waals surface area contributed by atoms with Crippen LogP contribution in [0.25, 0.3) is 0 Å². The van der Waals surface area contributed by atoms with E-state index in [0.29, 0.717) is 0 Å². The highest BCUT2D eigenvalue weighted by Crippen LogP contribution is 2.36. The molecule has 1 nitrogen and oxygen atoms in total. The normalized spacial score (nSPS) is 31.0. The first-order valence-electron chi connectivity index (χ1n) is 5.24. The van der Waals surface area contributed by atoms with Crippen molar-refractivity contribution >= 4 is 8.24 Å². The van der Waals surface area contributed by atoms with Crippen LogP contribution in [0.15, 0.2) is 0 Å². The summed E-state index contributed by atoms with van der Waals surface area (Å²) in [6.07, 6.45) is 4.43. The first-order valence-corrected chi connectivity index (χ1v) is 8.45. The Balaban J connectivity index is 2.39. The van der Waals surface area contributed by atoms with Crippen LogP contribution in [0, 0.1) is 11.8 Å². The standard InChI is InChI=1S/C10H23NSi/c1-9-6-5-7-10(9)8-12(3,4)11-2/h9-11H,5-8H2,1-4H3/t9-,10?/m0/s1. The van der Waals surface area contributed by atoms with E-state index in [1.807, 2.05) is 0 Å². The molecule has 1 saturated carbocycles. The van der Waals surface area contributed by atoms with Crippen LogP contribution >= 0.6 is 0 Å². The van der Waals surface area contributed by atoms with E-state index in [2.05, 4.69) is 32.0 Å². The third-order valence-electron chi connectivity index (χ3n) is 3.49. The molecule has 0 aromatic carbocycles. The first-order chi connectivity index (χ1) is 5.55. The van der Waals surface area contributed by atoms with Gasteiger partial charge in [-0.1, -0.05) is 39.3 Å². The summed E-state index contributed by atoms with van der Waals surface area (Å²) >= 11 is 0. The Hall–Kier alpha value is 0.177. The van der Waals surface area contributed by atoms with Crippen molar-refractivity contribution in [3.8, 4) is 0 Å². The molecule has 0 amide bonds. The van der Waals surface area contributed by atoms with Crippen molar-refractivity contribution in [1.29, 1.82) is 0 Å². The van der Waals surface area contributed by atoms with Crippen molar-refractivity contribution in [2.75, 3.05) is 7.05 Å². The molecule has 0 radical (unpaired) electrons. The second kappa shape index (κ2) is 3.92. The lowest BCUT2D eigenvalue weighted by Gasteiger charge is -2.27. The molecule has 0 aliphatic heterocycles. The molecule has 1 rings (SSSR count). The van der Waals surface area contributed by atoms with Gasteiger partial charge in [0.25, 0.3) is 0 Å². The van der Waals surface area contributed by atoms with Gasteiger partial charge >= 0.3 is 0 Å². The van der Waals surface area contributed by atoms with Crippen molar-refractivity contribution < 1.29 is 0 Å². The Morgan fingerprint density at radius 1 is 1.33 bits per heavy atom. The molecule has 0 heterocycles. The van der Waals surface area contributed by atoms with E-state index in [-0.39, 0.29) is 0 Å². The van der Waals surface area contributed by atoms with Crippen LogP contribution in [-0.2, 0) is 0 Å². The summed E-state index contributed by atoms with van der Waals surface area (Å²) in [6.45, 7) is 7.31. The van der Waals surface area contributed by atoms with Gasteiger partial charge in [0.1, 0.15) is 8.24 Å². The maximum Gasteiger partial charge on any atom is 0.119 e. The first kappa shape index (κ1) is 10.3. The van der Waals surface area contributed by atoms with Crippen molar-refractivity contribution in [3.63, 3.8) is 0 Å². The van der Waals surface area contributed by atoms with Crippen molar-refractivity contribution in [2.45, 2.75) is 45.3 Å². The highest BCUT2D eigenvalue weighted by Gasteiger charge is 2.30. The molecular weight excluding hydrogens is 162 g/mol. The molecule has 12 heavy (non-hydrogen) atoms. The summed E-state index contributed by atoms with van der Waals surface area (Å²) in [5, 5.41) is 0. The molecule has 1 fully saturated rings. The third kappa shape index (κ3) is 2.59. The van der Waals surface area contributed by atoms with Gasteiger partial charge < -0.3 is 4.98 Å². The monoisotopic (exact) mass is 185 g/mol. The Morgan fingerprint density at radius 3 is 2.42 bits per heavy atom. The molecule has 1 aliphatic carbocycles. The molecule has 1 N–H and O–H groups in total. The summed E-state index contributed by atoms with van der Waals surface area (Å²) in [7, 11) is 1.10. The minimum atomic E-state index is -1.03.